The topological polar surface area (TPSA) is 66.4 Å². The van der Waals surface area contributed by atoms with Crippen molar-refractivity contribution in [3.63, 3.8) is 0 Å². The summed E-state index contributed by atoms with van der Waals surface area (Å²) in [7, 11) is 0. The summed E-state index contributed by atoms with van der Waals surface area (Å²) in [6, 6.07) is 3.95. The monoisotopic (exact) mass is 555 g/mol. The fourth-order valence-electron chi connectivity index (χ4n) is 3.81. The number of nitrogens with one attached hydrogen (secondary N) is 1. The molecule has 1 heterocycles. The van der Waals surface area contributed by atoms with Gasteiger partial charge in [-0.2, -0.15) is 13.2 Å². The van der Waals surface area contributed by atoms with Crippen molar-refractivity contribution in [1.82, 2.24) is 5.32 Å². The van der Waals surface area contributed by atoms with Crippen LogP contribution in [-0.2, 0) is 10.2 Å². The van der Waals surface area contributed by atoms with Gasteiger partial charge >= 0.3 is 12.1 Å². The van der Waals surface area contributed by atoms with Crippen LogP contribution in [-0.4, -0.2) is 29.7 Å². The molecule has 0 radical (unpaired) electrons. The van der Waals surface area contributed by atoms with Crippen LogP contribution >= 0.6 is 46.1 Å². The number of carbonyl (C=O) groups is 2. The maximum absolute atomic E-state index is 14.9. The molecule has 2 unspecified atom stereocenters. The summed E-state index contributed by atoms with van der Waals surface area (Å²) in [6.45, 7) is 8.11. The predicted molar refractivity (Wildman–Crippen MR) is 131 cm³/mol. The minimum Gasteiger partial charge on any atom is -0.480 e. The Balaban J connectivity index is 2.57. The fourth-order valence-corrected chi connectivity index (χ4v) is 5.46. The van der Waals surface area contributed by atoms with Crippen LogP contribution in [0, 0.1) is 12.8 Å². The van der Waals surface area contributed by atoms with Gasteiger partial charge in [-0.3, -0.25) is 9.59 Å². The van der Waals surface area contributed by atoms with Crippen molar-refractivity contribution >= 4 is 63.6 Å². The summed E-state index contributed by atoms with van der Waals surface area (Å²) < 4.78 is 44.6. The van der Waals surface area contributed by atoms with Crippen LogP contribution in [0.2, 0.25) is 15.1 Å². The summed E-state index contributed by atoms with van der Waals surface area (Å²) >= 11 is 19.1. The number of allylic oxidation sites excluding steroid dienone is 1. The normalized spacial score (nSPS) is 14.4. The molecule has 1 aromatic heterocycles. The molecule has 1 amide bonds. The number of aryl methyl sites for hydroxylation is 1. The standard InChI is InChI=1S/C23H23Cl3F3NO3S/c1-5-13(4)22(23(27,28)29,14-7-15(24)19(26)16(25)8-14)9-12(3)17-6-11(2)20(34-17)21(33)30-10-18(31)32/h6-8,13H,3,5,9-10H2,1-2,4H3,(H,30,33)(H,31,32). The molecular formula is C23H23Cl3F3NO3S. The minimum atomic E-state index is -4.69. The van der Waals surface area contributed by atoms with E-state index in [1.807, 2.05) is 0 Å². The van der Waals surface area contributed by atoms with Gasteiger partial charge in [-0.15, -0.1) is 11.3 Å². The number of hydrogen-bond donors (Lipinski definition) is 2. The first-order valence-corrected chi connectivity index (χ1v) is 12.1. The Kier molecular flexibility index (Phi) is 9.13. The number of thiophene rings is 1. The highest BCUT2D eigenvalue weighted by atomic mass is 35.5. The van der Waals surface area contributed by atoms with Crippen LogP contribution in [0.5, 0.6) is 0 Å². The average molecular weight is 557 g/mol. The highest BCUT2D eigenvalue weighted by Gasteiger charge is 2.58. The quantitative estimate of drug-likeness (QED) is 0.310. The van der Waals surface area contributed by atoms with Crippen LogP contribution in [0.3, 0.4) is 0 Å². The number of benzene rings is 1. The van der Waals surface area contributed by atoms with Crippen molar-refractivity contribution in [2.45, 2.75) is 45.2 Å². The number of halogens is 6. The Morgan fingerprint density at radius 1 is 1.18 bits per heavy atom. The number of carbonyl (C=O) groups excluding carboxylic acids is 1. The van der Waals surface area contributed by atoms with Gasteiger partial charge in [-0.1, -0.05) is 61.7 Å². The molecule has 0 spiro atoms. The summed E-state index contributed by atoms with van der Waals surface area (Å²) in [6.07, 6.45) is -4.99. The van der Waals surface area contributed by atoms with E-state index in [0.29, 0.717) is 10.4 Å². The molecule has 1 aromatic carbocycles. The highest BCUT2D eigenvalue weighted by Crippen LogP contribution is 2.54. The van der Waals surface area contributed by atoms with Gasteiger partial charge in [0.2, 0.25) is 0 Å². The van der Waals surface area contributed by atoms with E-state index in [1.165, 1.54) is 19.1 Å². The Bertz CT molecular complexity index is 1090. The fraction of sp³-hybridized carbons (Fsp3) is 0.391. The van der Waals surface area contributed by atoms with Gasteiger partial charge in [-0.05, 0) is 54.2 Å². The first kappa shape index (κ1) is 28.5. The zero-order valence-electron chi connectivity index (χ0n) is 18.6. The van der Waals surface area contributed by atoms with E-state index in [4.69, 9.17) is 39.9 Å². The molecule has 34 heavy (non-hydrogen) atoms. The van der Waals surface area contributed by atoms with Gasteiger partial charge in [0, 0.05) is 4.88 Å². The smallest absolute Gasteiger partial charge is 0.399 e. The maximum Gasteiger partial charge on any atom is 0.399 e. The third kappa shape index (κ3) is 5.73. The lowest BCUT2D eigenvalue weighted by Gasteiger charge is -2.42. The lowest BCUT2D eigenvalue weighted by atomic mass is 9.65. The van der Waals surface area contributed by atoms with Gasteiger partial charge in [0.05, 0.1) is 25.4 Å². The van der Waals surface area contributed by atoms with E-state index in [-0.39, 0.29) is 37.5 Å². The van der Waals surface area contributed by atoms with Gasteiger partial charge in [0.15, 0.2) is 0 Å². The van der Waals surface area contributed by atoms with E-state index in [2.05, 4.69) is 11.9 Å². The number of rotatable bonds is 9. The third-order valence-electron chi connectivity index (χ3n) is 5.82. The molecule has 2 N–H and O–H groups in total. The van der Waals surface area contributed by atoms with Crippen LogP contribution < -0.4 is 5.32 Å². The number of alkyl halides is 3. The molecule has 4 nitrogen and oxygen atoms in total. The molecule has 0 saturated carbocycles. The van der Waals surface area contributed by atoms with Crippen molar-refractivity contribution < 1.29 is 27.9 Å². The Morgan fingerprint density at radius 2 is 1.74 bits per heavy atom. The third-order valence-corrected chi connectivity index (χ3v) is 8.36. The van der Waals surface area contributed by atoms with E-state index in [9.17, 15) is 22.8 Å². The second kappa shape index (κ2) is 10.9. The zero-order valence-corrected chi connectivity index (χ0v) is 21.7. The van der Waals surface area contributed by atoms with Crippen molar-refractivity contribution in [3.05, 3.63) is 60.7 Å². The minimum absolute atomic E-state index is 0.0305. The maximum atomic E-state index is 14.9. The van der Waals surface area contributed by atoms with E-state index in [1.54, 1.807) is 19.9 Å². The lowest BCUT2D eigenvalue weighted by Crippen LogP contribution is -2.47. The molecule has 0 aliphatic rings. The van der Waals surface area contributed by atoms with E-state index < -0.39 is 42.4 Å². The first-order valence-electron chi connectivity index (χ1n) is 10.2. The highest BCUT2D eigenvalue weighted by molar-refractivity contribution is 7.15. The molecule has 2 aromatic rings. The molecule has 0 bridgehead atoms. The molecule has 0 aliphatic heterocycles. The van der Waals surface area contributed by atoms with Gasteiger partial charge in [0.25, 0.3) is 5.91 Å². The molecule has 0 saturated heterocycles. The van der Waals surface area contributed by atoms with Gasteiger partial charge in [-0.25, -0.2) is 0 Å². The van der Waals surface area contributed by atoms with Crippen LogP contribution in [0.4, 0.5) is 13.2 Å². The molecule has 186 valence electrons. The summed E-state index contributed by atoms with van der Waals surface area (Å²) in [4.78, 5) is 23.6. The van der Waals surface area contributed by atoms with Crippen LogP contribution in [0.25, 0.3) is 5.57 Å². The molecule has 11 heteroatoms. The Labute approximate surface area is 214 Å². The Hall–Kier alpha value is -1.74. The number of carboxylic acids is 1. The molecule has 0 aliphatic carbocycles. The SMILES string of the molecule is C=C(CC(c1cc(Cl)c(Cl)c(Cl)c1)(C(C)CC)C(F)(F)F)c1cc(C)c(C(=O)NCC(=O)O)s1. The van der Waals surface area contributed by atoms with Crippen molar-refractivity contribution in [2.24, 2.45) is 5.92 Å². The largest absolute Gasteiger partial charge is 0.480 e. The van der Waals surface area contributed by atoms with Crippen molar-refractivity contribution in [1.29, 1.82) is 0 Å². The average Bonchev–Trinajstić information content (AvgIpc) is 3.13. The summed E-state index contributed by atoms with van der Waals surface area (Å²) in [5, 5.41) is 10.8. The number of carboxylic acid groups (broad SMARTS) is 1. The van der Waals surface area contributed by atoms with Crippen molar-refractivity contribution in [2.75, 3.05) is 6.54 Å². The second-order valence-electron chi connectivity index (χ2n) is 8.01. The van der Waals surface area contributed by atoms with Gasteiger partial charge < -0.3 is 10.4 Å². The van der Waals surface area contributed by atoms with E-state index in [0.717, 1.165) is 11.3 Å². The van der Waals surface area contributed by atoms with Crippen molar-refractivity contribution in [3.8, 4) is 0 Å². The lowest BCUT2D eigenvalue weighted by molar-refractivity contribution is -0.204. The number of amides is 1. The summed E-state index contributed by atoms with van der Waals surface area (Å²) in [5.74, 6) is -2.71. The van der Waals surface area contributed by atoms with Gasteiger partial charge in [0.1, 0.15) is 6.54 Å². The molecule has 0 fully saturated rings. The number of aliphatic carboxylic acids is 1. The van der Waals surface area contributed by atoms with Crippen LogP contribution in [0.1, 0.15) is 52.4 Å². The molecule has 2 rings (SSSR count). The number of hydrogen-bond acceptors (Lipinski definition) is 3. The first-order chi connectivity index (χ1) is 15.6. The Morgan fingerprint density at radius 3 is 2.21 bits per heavy atom. The van der Waals surface area contributed by atoms with E-state index >= 15 is 0 Å². The predicted octanol–water partition coefficient (Wildman–Crippen LogP) is 7.78. The zero-order chi connectivity index (χ0) is 26.0. The second-order valence-corrected chi connectivity index (χ2v) is 10.3. The summed E-state index contributed by atoms with van der Waals surface area (Å²) in [5.41, 5.74) is -1.82. The molecule has 2 atom stereocenters. The molecular weight excluding hydrogens is 534 g/mol. The van der Waals surface area contributed by atoms with Crippen LogP contribution in [0.15, 0.2) is 24.8 Å².